The minimum Gasteiger partial charge on any atom is -0.497 e. The van der Waals surface area contributed by atoms with Gasteiger partial charge in [-0.3, -0.25) is 4.79 Å². The molecule has 3 rings (SSSR count). The maximum Gasteiger partial charge on any atom is 0.243 e. The Balaban J connectivity index is 1.67. The molecule has 168 valence electrons. The molecular weight excluding hydrogens is 416 g/mol. The lowest BCUT2D eigenvalue weighted by molar-refractivity contribution is -0.115. The Morgan fingerprint density at radius 1 is 1.03 bits per heavy atom. The van der Waals surface area contributed by atoms with E-state index in [9.17, 15) is 13.2 Å². The molecule has 1 heterocycles. The Kier molecular flexibility index (Phi) is 7.23. The normalized spacial score (nSPS) is 19.6. The van der Waals surface area contributed by atoms with Gasteiger partial charge in [0.05, 0.1) is 25.5 Å². The van der Waals surface area contributed by atoms with Crippen LogP contribution in [0.3, 0.4) is 0 Å². The molecule has 1 amide bonds. The van der Waals surface area contributed by atoms with Crippen LogP contribution in [0, 0.1) is 11.8 Å². The fourth-order valence-corrected chi connectivity index (χ4v) is 5.72. The van der Waals surface area contributed by atoms with Crippen LogP contribution in [0.4, 0.5) is 5.69 Å². The molecule has 0 spiro atoms. The highest BCUT2D eigenvalue weighted by molar-refractivity contribution is 7.89. The second-order valence-corrected chi connectivity index (χ2v) is 10.1. The number of hydrogen-bond acceptors (Lipinski definition) is 5. The number of piperidine rings is 1. The molecule has 0 saturated carbocycles. The number of anilines is 1. The summed E-state index contributed by atoms with van der Waals surface area (Å²) in [6.45, 7) is 5.23. The van der Waals surface area contributed by atoms with Gasteiger partial charge >= 0.3 is 0 Å². The Hall–Kier alpha value is -2.58. The van der Waals surface area contributed by atoms with Crippen LogP contribution < -0.4 is 14.8 Å². The van der Waals surface area contributed by atoms with Crippen molar-refractivity contribution in [2.24, 2.45) is 11.8 Å². The summed E-state index contributed by atoms with van der Waals surface area (Å²) in [6.07, 6.45) is 1.16. The number of benzene rings is 2. The van der Waals surface area contributed by atoms with Crippen molar-refractivity contribution >= 4 is 21.6 Å². The highest BCUT2D eigenvalue weighted by Gasteiger charge is 2.31. The fourth-order valence-electron chi connectivity index (χ4n) is 4.04. The van der Waals surface area contributed by atoms with E-state index in [-0.39, 0.29) is 17.2 Å². The zero-order chi connectivity index (χ0) is 22.6. The zero-order valence-electron chi connectivity index (χ0n) is 18.4. The SMILES string of the molecule is COc1ccc(CC(=O)Nc2ccc(S(=O)(=O)N3CC(C)CC(C)C3)cc2)c(OC)c1. The van der Waals surface area contributed by atoms with Gasteiger partial charge in [-0.2, -0.15) is 4.31 Å². The third-order valence-electron chi connectivity index (χ3n) is 5.46. The van der Waals surface area contributed by atoms with E-state index in [1.807, 2.05) is 0 Å². The molecule has 8 heteroatoms. The van der Waals surface area contributed by atoms with Gasteiger partial charge in [-0.25, -0.2) is 8.42 Å². The van der Waals surface area contributed by atoms with E-state index in [1.165, 1.54) is 0 Å². The van der Waals surface area contributed by atoms with Gasteiger partial charge in [-0.05, 0) is 48.6 Å². The number of amides is 1. The number of hydrogen-bond donors (Lipinski definition) is 1. The van der Waals surface area contributed by atoms with Crippen molar-refractivity contribution < 1.29 is 22.7 Å². The fraction of sp³-hybridized carbons (Fsp3) is 0.435. The number of carbonyl (C=O) groups excluding carboxylic acids is 1. The summed E-state index contributed by atoms with van der Waals surface area (Å²) >= 11 is 0. The third-order valence-corrected chi connectivity index (χ3v) is 7.30. The summed E-state index contributed by atoms with van der Waals surface area (Å²) in [7, 11) is -0.437. The van der Waals surface area contributed by atoms with Crippen molar-refractivity contribution in [3.8, 4) is 11.5 Å². The van der Waals surface area contributed by atoms with Crippen LogP contribution >= 0.6 is 0 Å². The highest BCUT2D eigenvalue weighted by Crippen LogP contribution is 2.28. The standard InChI is InChI=1S/C23H30N2O5S/c1-16-11-17(2)15-25(14-16)31(27,28)21-9-6-19(7-10-21)24-23(26)12-18-5-8-20(29-3)13-22(18)30-4/h5-10,13,16-17H,11-12,14-15H2,1-4H3,(H,24,26). The van der Waals surface area contributed by atoms with E-state index in [2.05, 4.69) is 19.2 Å². The molecule has 0 aliphatic carbocycles. The number of ether oxygens (including phenoxy) is 2. The first-order chi connectivity index (χ1) is 14.7. The molecule has 0 bridgehead atoms. The van der Waals surface area contributed by atoms with Crippen LogP contribution in [0.5, 0.6) is 11.5 Å². The van der Waals surface area contributed by atoms with Crippen LogP contribution in [0.1, 0.15) is 25.8 Å². The van der Waals surface area contributed by atoms with E-state index in [4.69, 9.17) is 9.47 Å². The second kappa shape index (κ2) is 9.70. The van der Waals surface area contributed by atoms with Crippen LogP contribution in [0.25, 0.3) is 0 Å². The number of nitrogens with zero attached hydrogens (tertiary/aromatic N) is 1. The summed E-state index contributed by atoms with van der Waals surface area (Å²) < 4.78 is 38.1. The number of rotatable bonds is 7. The minimum atomic E-state index is -3.55. The van der Waals surface area contributed by atoms with Crippen LogP contribution in [-0.2, 0) is 21.2 Å². The van der Waals surface area contributed by atoms with Gasteiger partial charge in [0.25, 0.3) is 0 Å². The Bertz CT molecular complexity index is 1010. The molecule has 2 atom stereocenters. The first-order valence-electron chi connectivity index (χ1n) is 10.3. The molecule has 1 N–H and O–H groups in total. The molecule has 0 radical (unpaired) electrons. The first-order valence-corrected chi connectivity index (χ1v) is 11.8. The zero-order valence-corrected chi connectivity index (χ0v) is 19.2. The number of carbonyl (C=O) groups is 1. The van der Waals surface area contributed by atoms with E-state index < -0.39 is 10.0 Å². The van der Waals surface area contributed by atoms with Gasteiger partial charge in [-0.1, -0.05) is 19.9 Å². The van der Waals surface area contributed by atoms with Gasteiger partial charge in [0, 0.05) is 30.4 Å². The smallest absolute Gasteiger partial charge is 0.243 e. The molecule has 31 heavy (non-hydrogen) atoms. The molecule has 2 unspecified atom stereocenters. The van der Waals surface area contributed by atoms with E-state index in [0.29, 0.717) is 42.1 Å². The summed E-state index contributed by atoms with van der Waals surface area (Å²) in [6, 6.07) is 11.6. The highest BCUT2D eigenvalue weighted by atomic mass is 32.2. The quantitative estimate of drug-likeness (QED) is 0.703. The Morgan fingerprint density at radius 3 is 2.26 bits per heavy atom. The average molecular weight is 447 g/mol. The molecule has 1 aliphatic rings. The van der Waals surface area contributed by atoms with Crippen molar-refractivity contribution in [3.63, 3.8) is 0 Å². The van der Waals surface area contributed by atoms with E-state index in [1.54, 1.807) is 61.0 Å². The first kappa shape index (κ1) is 23.1. The van der Waals surface area contributed by atoms with Crippen molar-refractivity contribution in [1.29, 1.82) is 0 Å². The third kappa shape index (κ3) is 5.57. The average Bonchev–Trinajstić information content (AvgIpc) is 2.73. The maximum atomic E-state index is 13.0. The van der Waals surface area contributed by atoms with Gasteiger partial charge in [0.15, 0.2) is 0 Å². The second-order valence-electron chi connectivity index (χ2n) is 8.20. The van der Waals surface area contributed by atoms with Crippen molar-refractivity contribution in [2.45, 2.75) is 31.6 Å². The van der Waals surface area contributed by atoms with Crippen molar-refractivity contribution in [1.82, 2.24) is 4.31 Å². The molecule has 2 aromatic carbocycles. The molecule has 1 fully saturated rings. The molecule has 0 aromatic heterocycles. The van der Waals surface area contributed by atoms with Crippen LogP contribution in [0.15, 0.2) is 47.4 Å². The Labute approximate surface area is 184 Å². The number of nitrogens with one attached hydrogen (secondary N) is 1. The van der Waals surface area contributed by atoms with E-state index in [0.717, 1.165) is 12.0 Å². The topological polar surface area (TPSA) is 84.9 Å². The predicted octanol–water partition coefficient (Wildman–Crippen LogP) is 3.55. The van der Waals surface area contributed by atoms with Crippen LogP contribution in [-0.4, -0.2) is 45.9 Å². The van der Waals surface area contributed by atoms with Gasteiger partial charge in [0.2, 0.25) is 15.9 Å². The number of methoxy groups -OCH3 is 2. The maximum absolute atomic E-state index is 13.0. The monoisotopic (exact) mass is 446 g/mol. The van der Waals surface area contributed by atoms with Gasteiger partial charge in [0.1, 0.15) is 11.5 Å². The van der Waals surface area contributed by atoms with Gasteiger partial charge in [-0.15, -0.1) is 0 Å². The molecule has 2 aromatic rings. The lowest BCUT2D eigenvalue weighted by Crippen LogP contribution is -2.42. The van der Waals surface area contributed by atoms with Crippen molar-refractivity contribution in [3.05, 3.63) is 48.0 Å². The summed E-state index contributed by atoms with van der Waals surface area (Å²) in [5, 5.41) is 2.81. The minimum absolute atomic E-state index is 0.122. The molecule has 1 aliphatic heterocycles. The van der Waals surface area contributed by atoms with E-state index >= 15 is 0 Å². The van der Waals surface area contributed by atoms with Crippen molar-refractivity contribution in [2.75, 3.05) is 32.6 Å². The lowest BCUT2D eigenvalue weighted by Gasteiger charge is -2.34. The predicted molar refractivity (Wildman–Crippen MR) is 120 cm³/mol. The van der Waals surface area contributed by atoms with Gasteiger partial charge < -0.3 is 14.8 Å². The summed E-state index contributed by atoms with van der Waals surface area (Å²) in [5.74, 6) is 1.67. The van der Waals surface area contributed by atoms with Crippen LogP contribution in [0.2, 0.25) is 0 Å². The largest absolute Gasteiger partial charge is 0.497 e. The number of sulfonamides is 1. The summed E-state index contributed by atoms with van der Waals surface area (Å²) in [4.78, 5) is 12.7. The molecular formula is C23H30N2O5S. The lowest BCUT2D eigenvalue weighted by atomic mass is 9.94. The Morgan fingerprint density at radius 2 is 1.68 bits per heavy atom. The summed E-state index contributed by atoms with van der Waals surface area (Å²) in [5.41, 5.74) is 1.27. The molecule has 7 nitrogen and oxygen atoms in total. The molecule has 1 saturated heterocycles.